The van der Waals surface area contributed by atoms with E-state index in [9.17, 15) is 18.0 Å². The van der Waals surface area contributed by atoms with Crippen molar-refractivity contribution in [1.82, 2.24) is 15.3 Å². The van der Waals surface area contributed by atoms with Crippen LogP contribution < -0.4 is 15.0 Å². The summed E-state index contributed by atoms with van der Waals surface area (Å²) in [4.78, 5) is 21.9. The second kappa shape index (κ2) is 7.16. The van der Waals surface area contributed by atoms with E-state index in [1.165, 1.54) is 6.20 Å². The number of amides is 1. The Balaban J connectivity index is 2.19. The Morgan fingerprint density at radius 3 is 2.62 bits per heavy atom. The van der Waals surface area contributed by atoms with Gasteiger partial charge in [-0.15, -0.1) is 0 Å². The summed E-state index contributed by atoms with van der Waals surface area (Å²) < 4.78 is 45.3. The molecule has 1 aromatic carbocycles. The van der Waals surface area contributed by atoms with Crippen molar-refractivity contribution in [1.29, 1.82) is 0 Å². The molecule has 0 unspecified atom stereocenters. The molecule has 0 bridgehead atoms. The van der Waals surface area contributed by atoms with Crippen LogP contribution in [0.3, 0.4) is 0 Å². The third-order valence-corrected chi connectivity index (χ3v) is 3.12. The summed E-state index contributed by atoms with van der Waals surface area (Å²) >= 11 is 0. The molecule has 2 rings (SSSR count). The summed E-state index contributed by atoms with van der Waals surface area (Å²) in [5, 5.41) is 2.35. The van der Waals surface area contributed by atoms with Gasteiger partial charge in [0.05, 0.1) is 19.2 Å². The Morgan fingerprint density at radius 2 is 2.00 bits per heavy atom. The fourth-order valence-electron chi connectivity index (χ4n) is 1.90. The van der Waals surface area contributed by atoms with Gasteiger partial charge >= 0.3 is 0 Å². The summed E-state index contributed by atoms with van der Waals surface area (Å²) in [6, 6.07) is 2.14. The SMILES string of the molecule is COc1c(F)c(F)cc(C(=O)NCc2nccc(N(C)C)n2)c1F. The van der Waals surface area contributed by atoms with Crippen molar-refractivity contribution >= 4 is 11.7 Å². The molecule has 2 aromatic rings. The molecule has 0 aliphatic heterocycles. The monoisotopic (exact) mass is 340 g/mol. The molecule has 128 valence electrons. The maximum Gasteiger partial charge on any atom is 0.254 e. The molecule has 0 radical (unpaired) electrons. The van der Waals surface area contributed by atoms with E-state index < -0.39 is 34.7 Å². The molecule has 1 amide bonds. The maximum absolute atomic E-state index is 14.0. The highest BCUT2D eigenvalue weighted by molar-refractivity contribution is 5.94. The van der Waals surface area contributed by atoms with E-state index in [2.05, 4.69) is 20.0 Å². The van der Waals surface area contributed by atoms with Crippen LogP contribution in [-0.2, 0) is 6.54 Å². The first-order chi connectivity index (χ1) is 11.3. The van der Waals surface area contributed by atoms with Crippen LogP contribution in [0, 0.1) is 17.5 Å². The molecular weight excluding hydrogens is 325 g/mol. The first-order valence-corrected chi connectivity index (χ1v) is 6.84. The topological polar surface area (TPSA) is 67.3 Å². The standard InChI is InChI=1S/C15H15F3N4O2/c1-22(2)11-4-5-19-10(21-11)7-20-15(23)8-6-9(16)13(18)14(24-3)12(8)17/h4-6H,7H2,1-3H3,(H,20,23). The number of ether oxygens (including phenoxy) is 1. The van der Waals surface area contributed by atoms with Gasteiger partial charge in [-0.05, 0) is 12.1 Å². The first kappa shape index (κ1) is 17.5. The van der Waals surface area contributed by atoms with Gasteiger partial charge < -0.3 is 15.0 Å². The molecule has 0 atom stereocenters. The molecule has 1 heterocycles. The van der Waals surface area contributed by atoms with Crippen LogP contribution in [0.5, 0.6) is 5.75 Å². The number of nitrogens with one attached hydrogen (secondary N) is 1. The molecule has 9 heteroatoms. The largest absolute Gasteiger partial charge is 0.491 e. The number of methoxy groups -OCH3 is 1. The van der Waals surface area contributed by atoms with Crippen LogP contribution in [0.4, 0.5) is 19.0 Å². The zero-order valence-electron chi connectivity index (χ0n) is 13.2. The maximum atomic E-state index is 14.0. The van der Waals surface area contributed by atoms with Gasteiger partial charge in [-0.25, -0.2) is 18.7 Å². The van der Waals surface area contributed by atoms with Crippen molar-refractivity contribution in [3.8, 4) is 5.75 Å². The van der Waals surface area contributed by atoms with Gasteiger partial charge in [-0.2, -0.15) is 4.39 Å². The number of rotatable bonds is 5. The average Bonchev–Trinajstić information content (AvgIpc) is 2.56. The second-order valence-electron chi connectivity index (χ2n) is 4.98. The third-order valence-electron chi connectivity index (χ3n) is 3.12. The van der Waals surface area contributed by atoms with Crippen molar-refractivity contribution in [3.05, 3.63) is 47.2 Å². The van der Waals surface area contributed by atoms with Gasteiger partial charge in [0.25, 0.3) is 5.91 Å². The second-order valence-corrected chi connectivity index (χ2v) is 4.98. The molecule has 0 saturated carbocycles. The molecule has 1 N–H and O–H groups in total. The minimum atomic E-state index is -1.49. The number of aromatic nitrogens is 2. The predicted octanol–water partition coefficient (Wildman–Crippen LogP) is 1.90. The fourth-order valence-corrected chi connectivity index (χ4v) is 1.90. The van der Waals surface area contributed by atoms with Crippen molar-refractivity contribution in [2.75, 3.05) is 26.1 Å². The lowest BCUT2D eigenvalue weighted by Crippen LogP contribution is -2.26. The van der Waals surface area contributed by atoms with E-state index in [1.807, 2.05) is 0 Å². The lowest BCUT2D eigenvalue weighted by atomic mass is 10.1. The van der Waals surface area contributed by atoms with Crippen LogP contribution in [-0.4, -0.2) is 37.1 Å². The van der Waals surface area contributed by atoms with Gasteiger partial charge in [0.1, 0.15) is 11.6 Å². The first-order valence-electron chi connectivity index (χ1n) is 6.84. The summed E-state index contributed by atoms with van der Waals surface area (Å²) in [6.07, 6.45) is 1.50. The number of hydrogen-bond acceptors (Lipinski definition) is 5. The summed E-state index contributed by atoms with van der Waals surface area (Å²) in [6.45, 7) is -0.110. The van der Waals surface area contributed by atoms with Crippen molar-refractivity contribution < 1.29 is 22.7 Å². The van der Waals surface area contributed by atoms with E-state index in [0.717, 1.165) is 7.11 Å². The van der Waals surface area contributed by atoms with Gasteiger partial charge in [-0.3, -0.25) is 4.79 Å². The minimum absolute atomic E-state index is 0.110. The van der Waals surface area contributed by atoms with E-state index in [0.29, 0.717) is 11.9 Å². The number of benzene rings is 1. The van der Waals surface area contributed by atoms with Crippen LogP contribution in [0.2, 0.25) is 0 Å². The summed E-state index contributed by atoms with van der Waals surface area (Å²) in [5.41, 5.74) is -0.672. The van der Waals surface area contributed by atoms with E-state index in [4.69, 9.17) is 0 Å². The molecule has 24 heavy (non-hydrogen) atoms. The fraction of sp³-hybridized carbons (Fsp3) is 0.267. The number of anilines is 1. The smallest absolute Gasteiger partial charge is 0.254 e. The highest BCUT2D eigenvalue weighted by Gasteiger charge is 2.23. The molecule has 0 spiro atoms. The molecule has 0 aliphatic carbocycles. The molecule has 0 fully saturated rings. The number of carbonyl (C=O) groups is 1. The Bertz CT molecular complexity index is 769. The van der Waals surface area contributed by atoms with Crippen LogP contribution in [0.15, 0.2) is 18.3 Å². The quantitative estimate of drug-likeness (QED) is 0.842. The molecule has 0 saturated heterocycles. The molecule has 0 aliphatic rings. The van der Waals surface area contributed by atoms with E-state index >= 15 is 0 Å². The summed E-state index contributed by atoms with van der Waals surface area (Å²) in [7, 11) is 4.55. The van der Waals surface area contributed by atoms with Crippen molar-refractivity contribution in [3.63, 3.8) is 0 Å². The number of hydrogen-bond donors (Lipinski definition) is 1. The summed E-state index contributed by atoms with van der Waals surface area (Å²) in [5.74, 6) is -5.15. The number of carbonyl (C=O) groups excluding carboxylic acids is 1. The average molecular weight is 340 g/mol. The molecular formula is C15H15F3N4O2. The van der Waals surface area contributed by atoms with E-state index in [1.54, 1.807) is 25.1 Å². The van der Waals surface area contributed by atoms with Crippen molar-refractivity contribution in [2.24, 2.45) is 0 Å². The Labute approximate surface area is 136 Å². The van der Waals surface area contributed by atoms with Gasteiger partial charge in [0, 0.05) is 20.3 Å². The highest BCUT2D eigenvalue weighted by Crippen LogP contribution is 2.26. The highest BCUT2D eigenvalue weighted by atomic mass is 19.2. The Kier molecular flexibility index (Phi) is 5.22. The third kappa shape index (κ3) is 3.55. The van der Waals surface area contributed by atoms with Crippen LogP contribution in [0.25, 0.3) is 0 Å². The molecule has 6 nitrogen and oxygen atoms in total. The van der Waals surface area contributed by atoms with Gasteiger partial charge in [0.15, 0.2) is 17.4 Å². The zero-order chi connectivity index (χ0) is 17.9. The minimum Gasteiger partial charge on any atom is -0.491 e. The molecule has 1 aromatic heterocycles. The van der Waals surface area contributed by atoms with Gasteiger partial charge in [-0.1, -0.05) is 0 Å². The van der Waals surface area contributed by atoms with Crippen LogP contribution in [0.1, 0.15) is 16.2 Å². The van der Waals surface area contributed by atoms with Gasteiger partial charge in [0.2, 0.25) is 5.82 Å². The van der Waals surface area contributed by atoms with Crippen molar-refractivity contribution in [2.45, 2.75) is 6.54 Å². The van der Waals surface area contributed by atoms with Crippen LogP contribution >= 0.6 is 0 Å². The lowest BCUT2D eigenvalue weighted by Gasteiger charge is -2.12. The zero-order valence-corrected chi connectivity index (χ0v) is 13.2. The predicted molar refractivity (Wildman–Crippen MR) is 80.4 cm³/mol. The Hall–Kier alpha value is -2.84. The number of nitrogens with zero attached hydrogens (tertiary/aromatic N) is 3. The normalized spacial score (nSPS) is 10.4. The number of halogens is 3. The van der Waals surface area contributed by atoms with E-state index in [-0.39, 0.29) is 12.4 Å². The Morgan fingerprint density at radius 1 is 1.29 bits per heavy atom. The lowest BCUT2D eigenvalue weighted by molar-refractivity contribution is 0.0944.